The van der Waals surface area contributed by atoms with Crippen molar-refractivity contribution < 1.29 is 4.79 Å². The van der Waals surface area contributed by atoms with Crippen LogP contribution in [0.1, 0.15) is 28.8 Å². The molecule has 1 aliphatic carbocycles. The molecule has 0 aromatic heterocycles. The number of halogens is 1. The molecule has 0 bridgehead atoms. The molecule has 1 aromatic rings. The summed E-state index contributed by atoms with van der Waals surface area (Å²) in [5.74, 6) is 0.202. The Morgan fingerprint density at radius 2 is 2.17 bits per heavy atom. The Bertz CT molecular complexity index is 457. The van der Waals surface area contributed by atoms with Crippen molar-refractivity contribution in [2.75, 3.05) is 19.6 Å². The molecule has 3 rings (SSSR count). The molecule has 1 amide bonds. The van der Waals surface area contributed by atoms with Crippen molar-refractivity contribution in [3.8, 4) is 0 Å². The van der Waals surface area contributed by atoms with Crippen LogP contribution >= 0.6 is 12.4 Å². The van der Waals surface area contributed by atoms with Crippen molar-refractivity contribution in [1.29, 1.82) is 0 Å². The zero-order valence-corrected chi connectivity index (χ0v) is 11.4. The van der Waals surface area contributed by atoms with E-state index in [1.165, 1.54) is 0 Å². The molecule has 1 N–H and O–H groups in total. The van der Waals surface area contributed by atoms with Crippen molar-refractivity contribution in [3.63, 3.8) is 0 Å². The second kappa shape index (κ2) is 4.90. The summed E-state index contributed by atoms with van der Waals surface area (Å²) >= 11 is 0. The van der Waals surface area contributed by atoms with E-state index in [-0.39, 0.29) is 23.9 Å². The summed E-state index contributed by atoms with van der Waals surface area (Å²) in [5, 5.41) is 3.39. The standard InChI is InChI=1S/C14H18N2O.ClH/c1-11-3-2-4-12(9-11)13(17)16-8-7-15-10-14(16)5-6-14;/h2-4,9,15H,5-8,10H2,1H3;1H. The second-order valence-corrected chi connectivity index (χ2v) is 5.23. The Hall–Kier alpha value is -1.06. The fraction of sp³-hybridized carbons (Fsp3) is 0.500. The number of hydrogen-bond acceptors (Lipinski definition) is 2. The second-order valence-electron chi connectivity index (χ2n) is 5.23. The van der Waals surface area contributed by atoms with Gasteiger partial charge in [0.15, 0.2) is 0 Å². The maximum atomic E-state index is 12.5. The number of piperazine rings is 1. The lowest BCUT2D eigenvalue weighted by Gasteiger charge is -2.37. The summed E-state index contributed by atoms with van der Waals surface area (Å²) < 4.78 is 0. The molecule has 2 aliphatic rings. The smallest absolute Gasteiger partial charge is 0.254 e. The molecular formula is C14H19ClN2O. The van der Waals surface area contributed by atoms with E-state index in [1.54, 1.807) is 0 Å². The molecule has 0 atom stereocenters. The van der Waals surface area contributed by atoms with Gasteiger partial charge in [0.05, 0.1) is 5.54 Å². The van der Waals surface area contributed by atoms with Gasteiger partial charge in [-0.1, -0.05) is 17.7 Å². The van der Waals surface area contributed by atoms with Crippen LogP contribution in [0.15, 0.2) is 24.3 Å². The number of rotatable bonds is 1. The van der Waals surface area contributed by atoms with Crippen LogP contribution in [0, 0.1) is 6.92 Å². The van der Waals surface area contributed by atoms with Gasteiger partial charge in [-0.3, -0.25) is 4.79 Å². The van der Waals surface area contributed by atoms with Gasteiger partial charge >= 0.3 is 0 Å². The summed E-state index contributed by atoms with van der Waals surface area (Å²) in [6.45, 7) is 4.75. The SMILES string of the molecule is Cc1cccc(C(=O)N2CCNCC23CC3)c1.Cl. The van der Waals surface area contributed by atoms with Gasteiger partial charge in [-0.15, -0.1) is 12.4 Å². The summed E-state index contributed by atoms with van der Waals surface area (Å²) in [6, 6.07) is 7.90. The van der Waals surface area contributed by atoms with E-state index in [4.69, 9.17) is 0 Å². The largest absolute Gasteiger partial charge is 0.330 e. The first-order valence-corrected chi connectivity index (χ1v) is 6.31. The zero-order valence-electron chi connectivity index (χ0n) is 10.6. The molecule has 4 heteroatoms. The van der Waals surface area contributed by atoms with Crippen LogP contribution in [0.2, 0.25) is 0 Å². The molecular weight excluding hydrogens is 248 g/mol. The van der Waals surface area contributed by atoms with Crippen molar-refractivity contribution in [3.05, 3.63) is 35.4 Å². The molecule has 0 unspecified atom stereocenters. The van der Waals surface area contributed by atoms with E-state index >= 15 is 0 Å². The van der Waals surface area contributed by atoms with Gasteiger partial charge in [0.2, 0.25) is 0 Å². The molecule has 98 valence electrons. The van der Waals surface area contributed by atoms with Crippen LogP contribution in [0.25, 0.3) is 0 Å². The molecule has 2 fully saturated rings. The summed E-state index contributed by atoms with van der Waals surface area (Å²) in [6.07, 6.45) is 2.30. The quantitative estimate of drug-likeness (QED) is 0.843. The minimum atomic E-state index is 0. The highest BCUT2D eigenvalue weighted by Gasteiger charge is 2.51. The van der Waals surface area contributed by atoms with Crippen molar-refractivity contribution in [2.45, 2.75) is 25.3 Å². The van der Waals surface area contributed by atoms with Gasteiger partial charge in [-0.2, -0.15) is 0 Å². The third-order valence-corrected chi connectivity index (χ3v) is 3.88. The van der Waals surface area contributed by atoms with Gasteiger partial charge in [-0.05, 0) is 31.9 Å². The van der Waals surface area contributed by atoms with E-state index < -0.39 is 0 Å². The number of carbonyl (C=O) groups is 1. The Kier molecular flexibility index (Phi) is 3.64. The van der Waals surface area contributed by atoms with Gasteiger partial charge in [0.1, 0.15) is 0 Å². The van der Waals surface area contributed by atoms with Crippen LogP contribution in [0.4, 0.5) is 0 Å². The third kappa shape index (κ3) is 2.25. The van der Waals surface area contributed by atoms with Gasteiger partial charge < -0.3 is 10.2 Å². The Morgan fingerprint density at radius 3 is 2.83 bits per heavy atom. The topological polar surface area (TPSA) is 32.3 Å². The van der Waals surface area contributed by atoms with Crippen molar-refractivity contribution in [1.82, 2.24) is 10.2 Å². The number of benzene rings is 1. The van der Waals surface area contributed by atoms with Gasteiger partial charge in [0.25, 0.3) is 5.91 Å². The first-order valence-electron chi connectivity index (χ1n) is 6.31. The maximum Gasteiger partial charge on any atom is 0.254 e. The van der Waals surface area contributed by atoms with E-state index in [1.807, 2.05) is 31.2 Å². The Morgan fingerprint density at radius 1 is 1.39 bits per heavy atom. The molecule has 1 saturated heterocycles. The van der Waals surface area contributed by atoms with Crippen LogP contribution in [0.3, 0.4) is 0 Å². The zero-order chi connectivity index (χ0) is 11.9. The maximum absolute atomic E-state index is 12.5. The average molecular weight is 267 g/mol. The molecule has 3 nitrogen and oxygen atoms in total. The average Bonchev–Trinajstić information content (AvgIpc) is 3.09. The molecule has 1 saturated carbocycles. The highest BCUT2D eigenvalue weighted by atomic mass is 35.5. The van der Waals surface area contributed by atoms with E-state index in [0.29, 0.717) is 0 Å². The molecule has 0 radical (unpaired) electrons. The lowest BCUT2D eigenvalue weighted by Crippen LogP contribution is -2.55. The predicted octanol–water partition coefficient (Wildman–Crippen LogP) is 1.99. The lowest BCUT2D eigenvalue weighted by molar-refractivity contribution is 0.0600. The number of hydrogen-bond donors (Lipinski definition) is 1. The third-order valence-electron chi connectivity index (χ3n) is 3.88. The number of aryl methyl sites for hydroxylation is 1. The number of nitrogens with one attached hydrogen (secondary N) is 1. The highest BCUT2D eigenvalue weighted by Crippen LogP contribution is 2.42. The molecule has 1 spiro atoms. The molecule has 1 aromatic carbocycles. The van der Waals surface area contributed by atoms with Gasteiger partial charge in [0, 0.05) is 25.2 Å². The predicted molar refractivity (Wildman–Crippen MR) is 74.3 cm³/mol. The van der Waals surface area contributed by atoms with E-state index in [2.05, 4.69) is 10.2 Å². The lowest BCUT2D eigenvalue weighted by atomic mass is 10.1. The molecule has 1 heterocycles. The van der Waals surface area contributed by atoms with E-state index in [0.717, 1.165) is 43.6 Å². The number of amides is 1. The molecule has 18 heavy (non-hydrogen) atoms. The number of nitrogens with zero attached hydrogens (tertiary/aromatic N) is 1. The summed E-state index contributed by atoms with van der Waals surface area (Å²) in [7, 11) is 0. The minimum absolute atomic E-state index is 0. The molecule has 1 aliphatic heterocycles. The van der Waals surface area contributed by atoms with Crippen LogP contribution in [0.5, 0.6) is 0 Å². The summed E-state index contributed by atoms with van der Waals surface area (Å²) in [5.41, 5.74) is 2.12. The van der Waals surface area contributed by atoms with Crippen LogP contribution in [-0.2, 0) is 0 Å². The van der Waals surface area contributed by atoms with Crippen LogP contribution < -0.4 is 5.32 Å². The van der Waals surface area contributed by atoms with Gasteiger partial charge in [-0.25, -0.2) is 0 Å². The monoisotopic (exact) mass is 266 g/mol. The Labute approximate surface area is 114 Å². The fourth-order valence-electron chi connectivity index (χ4n) is 2.69. The number of carbonyl (C=O) groups excluding carboxylic acids is 1. The van der Waals surface area contributed by atoms with Crippen LogP contribution in [-0.4, -0.2) is 36.0 Å². The first-order chi connectivity index (χ1) is 8.21. The minimum Gasteiger partial charge on any atom is -0.330 e. The first kappa shape index (κ1) is 13.4. The van der Waals surface area contributed by atoms with E-state index in [9.17, 15) is 4.79 Å². The fourth-order valence-corrected chi connectivity index (χ4v) is 2.69. The highest BCUT2D eigenvalue weighted by molar-refractivity contribution is 5.95. The normalized spacial score (nSPS) is 20.4. The Balaban J connectivity index is 0.00000120. The van der Waals surface area contributed by atoms with Crippen molar-refractivity contribution in [2.24, 2.45) is 0 Å². The summed E-state index contributed by atoms with van der Waals surface area (Å²) in [4.78, 5) is 14.6. The van der Waals surface area contributed by atoms with Crippen molar-refractivity contribution >= 4 is 18.3 Å².